The van der Waals surface area contributed by atoms with Crippen molar-refractivity contribution in [3.63, 3.8) is 0 Å². The molecule has 0 saturated carbocycles. The lowest BCUT2D eigenvalue weighted by molar-refractivity contribution is 0.0281. The molecule has 0 amide bonds. The Kier molecular flexibility index (Phi) is 5.16. The summed E-state index contributed by atoms with van der Waals surface area (Å²) in [6.07, 6.45) is 3.34. The Morgan fingerprint density at radius 1 is 1.19 bits per heavy atom. The van der Waals surface area contributed by atoms with Crippen molar-refractivity contribution in [3.8, 4) is 0 Å². The Hall–Kier alpha value is -2.34. The molecule has 2 aliphatic heterocycles. The van der Waals surface area contributed by atoms with Gasteiger partial charge in [-0.25, -0.2) is 0 Å². The van der Waals surface area contributed by atoms with Crippen molar-refractivity contribution in [3.05, 3.63) is 52.3 Å². The number of nitrogens with zero attached hydrogens (tertiary/aromatic N) is 3. The van der Waals surface area contributed by atoms with Crippen molar-refractivity contribution in [1.29, 1.82) is 0 Å². The van der Waals surface area contributed by atoms with Crippen molar-refractivity contribution < 1.29 is 4.74 Å². The van der Waals surface area contributed by atoms with E-state index in [2.05, 4.69) is 52.9 Å². The third kappa shape index (κ3) is 3.86. The second-order valence-corrected chi connectivity index (χ2v) is 7.62. The largest absolute Gasteiger partial charge is 0.375 e. The van der Waals surface area contributed by atoms with Crippen LogP contribution in [0.3, 0.4) is 0 Å². The minimum atomic E-state index is -0.0910. The molecule has 3 unspecified atom stereocenters. The van der Waals surface area contributed by atoms with Crippen molar-refractivity contribution in [1.82, 2.24) is 9.97 Å². The van der Waals surface area contributed by atoms with E-state index in [0.29, 0.717) is 18.6 Å². The van der Waals surface area contributed by atoms with Gasteiger partial charge in [-0.2, -0.15) is 4.98 Å². The molecular weight excluding hydrogens is 340 g/mol. The van der Waals surface area contributed by atoms with E-state index in [4.69, 9.17) is 9.72 Å². The molecule has 3 atom stereocenters. The van der Waals surface area contributed by atoms with Crippen LogP contribution in [0.15, 0.2) is 41.2 Å². The number of aromatic nitrogens is 2. The van der Waals surface area contributed by atoms with Gasteiger partial charge in [0.25, 0.3) is 5.56 Å². The van der Waals surface area contributed by atoms with Crippen LogP contribution >= 0.6 is 0 Å². The number of aromatic amines is 1. The molecule has 2 saturated heterocycles. The Bertz CT molecular complexity index is 822. The maximum atomic E-state index is 12.4. The van der Waals surface area contributed by atoms with E-state index < -0.39 is 0 Å². The molecule has 144 valence electrons. The SMILES string of the molecule is CC1OCCN(c2cc(=O)[nH]c(N3CCCC3Cc3ccccc3)n2)C1C. The van der Waals surface area contributed by atoms with Gasteiger partial charge in [0.05, 0.1) is 18.8 Å². The zero-order chi connectivity index (χ0) is 18.8. The average molecular weight is 368 g/mol. The van der Waals surface area contributed by atoms with E-state index in [1.165, 1.54) is 5.56 Å². The first-order chi connectivity index (χ1) is 13.1. The Labute approximate surface area is 160 Å². The summed E-state index contributed by atoms with van der Waals surface area (Å²) in [5, 5.41) is 0. The first kappa shape index (κ1) is 18.0. The standard InChI is InChI=1S/C21H28N4O2/c1-15-16(2)27-12-11-24(15)19-14-20(26)23-21(22-19)25-10-6-9-18(25)13-17-7-4-3-5-8-17/h3-5,7-8,14-16,18H,6,9-13H2,1-2H3,(H,22,23,26). The number of anilines is 2. The maximum Gasteiger partial charge on any atom is 0.254 e. The fraction of sp³-hybridized carbons (Fsp3) is 0.524. The molecule has 1 aromatic carbocycles. The summed E-state index contributed by atoms with van der Waals surface area (Å²) in [6, 6.07) is 12.7. The normalized spacial score (nSPS) is 25.8. The predicted octanol–water partition coefficient (Wildman–Crippen LogP) is 2.59. The quantitative estimate of drug-likeness (QED) is 0.899. The second kappa shape index (κ2) is 7.72. The number of hydrogen-bond donors (Lipinski definition) is 1. The number of nitrogens with one attached hydrogen (secondary N) is 1. The molecule has 3 heterocycles. The maximum absolute atomic E-state index is 12.4. The number of hydrogen-bond acceptors (Lipinski definition) is 5. The van der Waals surface area contributed by atoms with E-state index in [9.17, 15) is 4.79 Å². The lowest BCUT2D eigenvalue weighted by Crippen LogP contribution is -2.49. The summed E-state index contributed by atoms with van der Waals surface area (Å²) < 4.78 is 5.72. The Morgan fingerprint density at radius 3 is 2.81 bits per heavy atom. The molecule has 2 aromatic rings. The van der Waals surface area contributed by atoms with Crippen LogP contribution in [0.4, 0.5) is 11.8 Å². The van der Waals surface area contributed by atoms with Crippen LogP contribution < -0.4 is 15.4 Å². The summed E-state index contributed by atoms with van der Waals surface area (Å²) in [6.45, 7) is 6.55. The van der Waals surface area contributed by atoms with Gasteiger partial charge in [-0.05, 0) is 38.7 Å². The van der Waals surface area contributed by atoms with Crippen molar-refractivity contribution in [2.24, 2.45) is 0 Å². The van der Waals surface area contributed by atoms with Crippen molar-refractivity contribution in [2.45, 2.75) is 51.3 Å². The van der Waals surface area contributed by atoms with Crippen LogP contribution in [0.2, 0.25) is 0 Å². The highest BCUT2D eigenvalue weighted by Gasteiger charge is 2.30. The third-order valence-electron chi connectivity index (χ3n) is 5.86. The molecule has 0 bridgehead atoms. The molecular formula is C21H28N4O2. The highest BCUT2D eigenvalue weighted by molar-refractivity contribution is 5.46. The van der Waals surface area contributed by atoms with Gasteiger partial charge in [-0.1, -0.05) is 30.3 Å². The predicted molar refractivity (Wildman–Crippen MR) is 108 cm³/mol. The number of H-pyrrole nitrogens is 1. The molecule has 1 N–H and O–H groups in total. The van der Waals surface area contributed by atoms with Crippen molar-refractivity contribution in [2.75, 3.05) is 29.5 Å². The van der Waals surface area contributed by atoms with Crippen molar-refractivity contribution >= 4 is 11.8 Å². The summed E-state index contributed by atoms with van der Waals surface area (Å²) in [4.78, 5) is 24.7. The van der Waals surface area contributed by atoms with E-state index in [1.54, 1.807) is 6.07 Å². The summed E-state index contributed by atoms with van der Waals surface area (Å²) in [5.74, 6) is 1.45. The summed E-state index contributed by atoms with van der Waals surface area (Å²) in [5.41, 5.74) is 1.23. The number of ether oxygens (including phenoxy) is 1. The Morgan fingerprint density at radius 2 is 2.00 bits per heavy atom. The highest BCUT2D eigenvalue weighted by Crippen LogP contribution is 2.27. The van der Waals surface area contributed by atoms with Crippen LogP contribution in [-0.2, 0) is 11.2 Å². The van der Waals surface area contributed by atoms with Crippen LogP contribution in [0.1, 0.15) is 32.3 Å². The lowest BCUT2D eigenvalue weighted by Gasteiger charge is -2.38. The zero-order valence-electron chi connectivity index (χ0n) is 16.1. The van der Waals surface area contributed by atoms with Crippen LogP contribution in [-0.4, -0.2) is 47.9 Å². The van der Waals surface area contributed by atoms with E-state index in [-0.39, 0.29) is 17.7 Å². The van der Waals surface area contributed by atoms with Gasteiger partial charge in [0.15, 0.2) is 0 Å². The van der Waals surface area contributed by atoms with Gasteiger partial charge in [-0.3, -0.25) is 9.78 Å². The van der Waals surface area contributed by atoms with Crippen LogP contribution in [0.25, 0.3) is 0 Å². The first-order valence-electron chi connectivity index (χ1n) is 9.92. The monoisotopic (exact) mass is 368 g/mol. The van der Waals surface area contributed by atoms with Crippen LogP contribution in [0.5, 0.6) is 0 Å². The second-order valence-electron chi connectivity index (χ2n) is 7.62. The van der Waals surface area contributed by atoms with Gasteiger partial charge < -0.3 is 14.5 Å². The Balaban J connectivity index is 1.59. The molecule has 4 rings (SSSR count). The van der Waals surface area contributed by atoms with Gasteiger partial charge in [0.1, 0.15) is 5.82 Å². The molecule has 0 aliphatic carbocycles. The van der Waals surface area contributed by atoms with Gasteiger partial charge in [0.2, 0.25) is 5.95 Å². The fourth-order valence-corrected chi connectivity index (χ4v) is 4.18. The molecule has 6 heteroatoms. The molecule has 2 fully saturated rings. The highest BCUT2D eigenvalue weighted by atomic mass is 16.5. The van der Waals surface area contributed by atoms with Gasteiger partial charge in [-0.15, -0.1) is 0 Å². The van der Waals surface area contributed by atoms with Gasteiger partial charge >= 0.3 is 0 Å². The zero-order valence-corrected chi connectivity index (χ0v) is 16.1. The minimum Gasteiger partial charge on any atom is -0.375 e. The minimum absolute atomic E-state index is 0.0910. The molecule has 0 spiro atoms. The molecule has 1 aromatic heterocycles. The smallest absolute Gasteiger partial charge is 0.254 e. The topological polar surface area (TPSA) is 61.5 Å². The van der Waals surface area contributed by atoms with E-state index in [1.807, 2.05) is 6.07 Å². The number of morpholine rings is 1. The lowest BCUT2D eigenvalue weighted by atomic mass is 10.0. The third-order valence-corrected chi connectivity index (χ3v) is 5.86. The average Bonchev–Trinajstić information content (AvgIpc) is 3.12. The number of rotatable bonds is 4. The van der Waals surface area contributed by atoms with E-state index in [0.717, 1.165) is 38.2 Å². The fourth-order valence-electron chi connectivity index (χ4n) is 4.18. The van der Waals surface area contributed by atoms with E-state index >= 15 is 0 Å². The number of benzene rings is 1. The van der Waals surface area contributed by atoms with Gasteiger partial charge in [0, 0.05) is 25.2 Å². The summed E-state index contributed by atoms with van der Waals surface area (Å²) >= 11 is 0. The van der Waals surface area contributed by atoms with Crippen LogP contribution in [0, 0.1) is 0 Å². The molecule has 0 radical (unpaired) electrons. The molecule has 2 aliphatic rings. The molecule has 27 heavy (non-hydrogen) atoms. The molecule has 6 nitrogen and oxygen atoms in total. The first-order valence-corrected chi connectivity index (χ1v) is 9.92. The summed E-state index contributed by atoms with van der Waals surface area (Å²) in [7, 11) is 0.